The molecule has 2 aromatic rings. The van der Waals surface area contributed by atoms with E-state index in [1.54, 1.807) is 30.5 Å². The number of benzene rings is 1. The van der Waals surface area contributed by atoms with Crippen LogP contribution in [0.15, 0.2) is 24.4 Å². The molecule has 3 heterocycles. The molecule has 1 aromatic carbocycles. The van der Waals surface area contributed by atoms with Gasteiger partial charge >= 0.3 is 11.9 Å². The third-order valence-electron chi connectivity index (χ3n) is 6.00. The Morgan fingerprint density at radius 2 is 2.00 bits per heavy atom. The number of rotatable bonds is 7. The van der Waals surface area contributed by atoms with Crippen molar-refractivity contribution < 1.29 is 18.8 Å². The fourth-order valence-electron chi connectivity index (χ4n) is 4.28. The summed E-state index contributed by atoms with van der Waals surface area (Å²) in [5.74, 6) is 0.297. The molecule has 1 amide bonds. The van der Waals surface area contributed by atoms with Gasteiger partial charge in [-0.25, -0.2) is 18.7 Å². The van der Waals surface area contributed by atoms with Crippen molar-refractivity contribution in [2.24, 2.45) is 0 Å². The number of halogens is 1. The molecule has 11 heteroatoms. The van der Waals surface area contributed by atoms with Crippen LogP contribution in [0.25, 0.3) is 0 Å². The van der Waals surface area contributed by atoms with E-state index in [0.717, 1.165) is 26.1 Å². The second-order valence-corrected chi connectivity index (χ2v) is 8.20. The number of aryl methyl sites for hydroxylation is 1. The van der Waals surface area contributed by atoms with Gasteiger partial charge in [-0.05, 0) is 36.5 Å². The largest absolute Gasteiger partial charge is 0.444 e. The monoisotopic (exact) mass is 446 g/mol. The molecular weight excluding hydrogens is 419 g/mol. The van der Waals surface area contributed by atoms with Crippen LogP contribution in [0.4, 0.5) is 26.4 Å². The maximum atomic E-state index is 14.8. The number of piperazine rings is 1. The van der Waals surface area contributed by atoms with E-state index in [0.29, 0.717) is 43.4 Å². The number of nitrogens with zero attached hydrogens (tertiary/aromatic N) is 6. The first-order chi connectivity index (χ1) is 15.3. The molecule has 0 aliphatic carbocycles. The summed E-state index contributed by atoms with van der Waals surface area (Å²) in [5.41, 5.74) is 1.03. The summed E-state index contributed by atoms with van der Waals surface area (Å²) in [4.78, 5) is 32.3. The van der Waals surface area contributed by atoms with Gasteiger partial charge in [0.15, 0.2) is 5.82 Å². The van der Waals surface area contributed by atoms with Crippen molar-refractivity contribution in [3.05, 3.63) is 46.2 Å². The molecular formula is C21H27FN6O4. The SMILES string of the molecule is Cc1ncc([N+](=O)[O-])n1CCCN1CCN(c2ccc(N3CC(C)OC3=O)cc2F)CC1. The highest BCUT2D eigenvalue weighted by Gasteiger charge is 2.30. The summed E-state index contributed by atoms with van der Waals surface area (Å²) >= 11 is 0. The van der Waals surface area contributed by atoms with Crippen molar-refractivity contribution in [2.45, 2.75) is 32.9 Å². The molecule has 32 heavy (non-hydrogen) atoms. The molecule has 10 nitrogen and oxygen atoms in total. The molecule has 1 atom stereocenters. The first-order valence-electron chi connectivity index (χ1n) is 10.7. The Hall–Kier alpha value is -3.21. The molecule has 2 fully saturated rings. The second kappa shape index (κ2) is 9.11. The smallest absolute Gasteiger partial charge is 0.414 e. The Balaban J connectivity index is 1.29. The molecule has 0 bridgehead atoms. The van der Waals surface area contributed by atoms with Crippen molar-refractivity contribution in [1.82, 2.24) is 14.5 Å². The Kier molecular flexibility index (Phi) is 6.26. The average Bonchev–Trinajstić information content (AvgIpc) is 3.30. The van der Waals surface area contributed by atoms with Crippen molar-refractivity contribution in [2.75, 3.05) is 49.1 Å². The molecule has 2 aliphatic heterocycles. The van der Waals surface area contributed by atoms with E-state index in [2.05, 4.69) is 9.88 Å². The summed E-state index contributed by atoms with van der Waals surface area (Å²) in [6, 6.07) is 4.86. The minimum Gasteiger partial charge on any atom is -0.444 e. The number of imidazole rings is 1. The number of ether oxygens (including phenoxy) is 1. The maximum Gasteiger partial charge on any atom is 0.414 e. The maximum absolute atomic E-state index is 14.8. The predicted molar refractivity (Wildman–Crippen MR) is 117 cm³/mol. The van der Waals surface area contributed by atoms with E-state index < -0.39 is 11.0 Å². The lowest BCUT2D eigenvalue weighted by atomic mass is 10.2. The Morgan fingerprint density at radius 1 is 1.25 bits per heavy atom. The molecule has 172 valence electrons. The number of cyclic esters (lactones) is 1. The van der Waals surface area contributed by atoms with Gasteiger partial charge in [-0.1, -0.05) is 0 Å². The van der Waals surface area contributed by atoms with E-state index in [9.17, 15) is 19.3 Å². The van der Waals surface area contributed by atoms with Crippen LogP contribution in [0.2, 0.25) is 0 Å². The zero-order valence-electron chi connectivity index (χ0n) is 18.2. The minimum atomic E-state index is -0.450. The summed E-state index contributed by atoms with van der Waals surface area (Å²) in [7, 11) is 0. The summed E-state index contributed by atoms with van der Waals surface area (Å²) < 4.78 is 21.6. The van der Waals surface area contributed by atoms with Gasteiger partial charge in [-0.3, -0.25) is 9.80 Å². The highest BCUT2D eigenvalue weighted by Crippen LogP contribution is 2.28. The van der Waals surface area contributed by atoms with E-state index in [1.165, 1.54) is 17.2 Å². The quantitative estimate of drug-likeness (QED) is 0.477. The van der Waals surface area contributed by atoms with Crippen molar-refractivity contribution >= 4 is 23.3 Å². The number of nitro groups is 1. The van der Waals surface area contributed by atoms with Crippen LogP contribution in [-0.2, 0) is 11.3 Å². The van der Waals surface area contributed by atoms with Gasteiger partial charge in [0, 0.05) is 39.6 Å². The minimum absolute atomic E-state index is 0.0166. The lowest BCUT2D eigenvalue weighted by molar-refractivity contribution is -0.392. The number of carbonyl (C=O) groups excluding carboxylic acids is 1. The third-order valence-corrected chi connectivity index (χ3v) is 6.00. The molecule has 1 unspecified atom stereocenters. The standard InChI is InChI=1S/C21H27FN6O4/c1-15-14-27(21(29)32-15)17-4-5-19(18(22)12-17)25-10-8-24(9-11-25)6-3-7-26-16(2)23-13-20(26)28(30)31/h4-5,12-13,15H,3,6-11,14H2,1-2H3. The summed E-state index contributed by atoms with van der Waals surface area (Å²) in [6.07, 6.45) is 1.41. The van der Waals surface area contributed by atoms with Crippen LogP contribution in [0, 0.1) is 22.9 Å². The molecule has 0 radical (unpaired) electrons. The second-order valence-electron chi connectivity index (χ2n) is 8.20. The molecule has 2 aliphatic rings. The van der Waals surface area contributed by atoms with Gasteiger partial charge in [0.1, 0.15) is 18.1 Å². The Morgan fingerprint density at radius 3 is 2.62 bits per heavy atom. The van der Waals surface area contributed by atoms with Crippen LogP contribution < -0.4 is 9.80 Å². The summed E-state index contributed by atoms with van der Waals surface area (Å²) in [5, 5.41) is 11.1. The number of anilines is 2. The van der Waals surface area contributed by atoms with Gasteiger partial charge in [0.25, 0.3) is 0 Å². The lowest BCUT2D eigenvalue weighted by Gasteiger charge is -2.36. The van der Waals surface area contributed by atoms with E-state index >= 15 is 0 Å². The number of hydrogen-bond acceptors (Lipinski definition) is 7. The first-order valence-corrected chi connectivity index (χ1v) is 10.7. The predicted octanol–water partition coefficient (Wildman–Crippen LogP) is 2.80. The van der Waals surface area contributed by atoms with Gasteiger partial charge < -0.3 is 19.8 Å². The zero-order chi connectivity index (χ0) is 22.8. The molecule has 0 spiro atoms. The highest BCUT2D eigenvalue weighted by atomic mass is 19.1. The fourth-order valence-corrected chi connectivity index (χ4v) is 4.28. The van der Waals surface area contributed by atoms with Crippen LogP contribution >= 0.6 is 0 Å². The van der Waals surface area contributed by atoms with Crippen molar-refractivity contribution in [3.8, 4) is 0 Å². The number of hydrogen-bond donors (Lipinski definition) is 0. The van der Waals surface area contributed by atoms with Crippen LogP contribution in [-0.4, -0.2) is 70.8 Å². The average molecular weight is 446 g/mol. The van der Waals surface area contributed by atoms with Gasteiger partial charge in [-0.2, -0.15) is 0 Å². The van der Waals surface area contributed by atoms with Crippen molar-refractivity contribution in [1.29, 1.82) is 0 Å². The first kappa shape index (κ1) is 22.0. The molecule has 2 saturated heterocycles. The van der Waals surface area contributed by atoms with Gasteiger partial charge in [0.05, 0.1) is 24.5 Å². The molecule has 1 aromatic heterocycles. The van der Waals surface area contributed by atoms with E-state index in [-0.39, 0.29) is 17.7 Å². The highest BCUT2D eigenvalue weighted by molar-refractivity contribution is 5.90. The molecule has 0 saturated carbocycles. The van der Waals surface area contributed by atoms with Crippen molar-refractivity contribution in [3.63, 3.8) is 0 Å². The third kappa shape index (κ3) is 4.52. The van der Waals surface area contributed by atoms with Crippen LogP contribution in [0.1, 0.15) is 19.2 Å². The van der Waals surface area contributed by atoms with E-state index in [4.69, 9.17) is 4.74 Å². The molecule has 4 rings (SSSR count). The summed E-state index contributed by atoms with van der Waals surface area (Å²) in [6.45, 7) is 8.25. The topological polar surface area (TPSA) is 97.0 Å². The van der Waals surface area contributed by atoms with Crippen LogP contribution in [0.3, 0.4) is 0 Å². The van der Waals surface area contributed by atoms with Crippen LogP contribution in [0.5, 0.6) is 0 Å². The zero-order valence-corrected chi connectivity index (χ0v) is 18.2. The Labute approximate surface area is 185 Å². The number of amides is 1. The fraction of sp³-hybridized carbons (Fsp3) is 0.524. The Bertz CT molecular complexity index is 1000. The molecule has 0 N–H and O–H groups in total. The number of carbonyl (C=O) groups is 1. The normalized spacial score (nSPS) is 19.5. The lowest BCUT2D eigenvalue weighted by Crippen LogP contribution is -2.47. The van der Waals surface area contributed by atoms with Gasteiger partial charge in [-0.15, -0.1) is 0 Å². The van der Waals surface area contributed by atoms with Gasteiger partial charge in [0.2, 0.25) is 0 Å². The number of aromatic nitrogens is 2. The van der Waals surface area contributed by atoms with E-state index in [1.807, 2.05) is 4.90 Å².